The van der Waals surface area contributed by atoms with Gasteiger partial charge in [0.2, 0.25) is 11.8 Å². The molecule has 0 spiro atoms. The molecule has 3 aromatic rings. The lowest BCUT2D eigenvalue weighted by Crippen LogP contribution is -2.17. The molecule has 3 rings (SSSR count). The number of para-hydroxylation sites is 1. The first-order chi connectivity index (χ1) is 13.1. The summed E-state index contributed by atoms with van der Waals surface area (Å²) in [6.07, 6.45) is 0. The second-order valence-electron chi connectivity index (χ2n) is 5.75. The quantitative estimate of drug-likeness (QED) is 0.626. The maximum absolute atomic E-state index is 14.5. The van der Waals surface area contributed by atoms with Gasteiger partial charge in [-0.3, -0.25) is 0 Å². The van der Waals surface area contributed by atoms with Gasteiger partial charge >= 0.3 is 6.01 Å². The predicted octanol–water partition coefficient (Wildman–Crippen LogP) is 4.06. The summed E-state index contributed by atoms with van der Waals surface area (Å²) in [4.78, 5) is 10.2. The number of hydrogen-bond donors (Lipinski definition) is 0. The van der Waals surface area contributed by atoms with Crippen LogP contribution >= 0.6 is 0 Å². The lowest BCUT2D eigenvalue weighted by Gasteiger charge is -2.21. The number of rotatable bonds is 7. The van der Waals surface area contributed by atoms with Crippen LogP contribution in [-0.2, 0) is 6.54 Å². The zero-order chi connectivity index (χ0) is 19.2. The van der Waals surface area contributed by atoms with Crippen LogP contribution in [0, 0.1) is 5.82 Å². The molecule has 6 nitrogen and oxygen atoms in total. The van der Waals surface area contributed by atoms with E-state index in [2.05, 4.69) is 9.97 Å². The molecule has 0 aliphatic heterocycles. The Kier molecular flexibility index (Phi) is 5.71. The number of ether oxygens (including phenoxy) is 3. The summed E-state index contributed by atoms with van der Waals surface area (Å²) in [7, 11) is 4.85. The van der Waals surface area contributed by atoms with Gasteiger partial charge in [-0.15, -0.1) is 0 Å². The van der Waals surface area contributed by atoms with Gasteiger partial charge in [-0.1, -0.05) is 24.3 Å². The van der Waals surface area contributed by atoms with Gasteiger partial charge in [-0.05, 0) is 24.3 Å². The number of hydrogen-bond acceptors (Lipinski definition) is 6. The van der Waals surface area contributed by atoms with Crippen molar-refractivity contribution in [1.82, 2.24) is 9.97 Å². The first-order valence-corrected chi connectivity index (χ1v) is 8.29. The third kappa shape index (κ3) is 4.44. The molecule has 0 fully saturated rings. The fourth-order valence-electron chi connectivity index (χ4n) is 2.54. The van der Waals surface area contributed by atoms with E-state index in [0.717, 1.165) is 5.69 Å². The molecule has 0 saturated carbocycles. The molecule has 140 valence electrons. The molecular weight excluding hydrogens is 349 g/mol. The number of nitrogens with zero attached hydrogens (tertiary/aromatic N) is 3. The van der Waals surface area contributed by atoms with Gasteiger partial charge in [0.05, 0.1) is 20.3 Å². The van der Waals surface area contributed by atoms with Gasteiger partial charge in [0.15, 0.2) is 0 Å². The number of anilines is 1. The molecule has 1 aromatic heterocycles. The van der Waals surface area contributed by atoms with Gasteiger partial charge in [-0.25, -0.2) is 4.39 Å². The minimum absolute atomic E-state index is 0.0143. The van der Waals surface area contributed by atoms with Crippen LogP contribution in [-0.4, -0.2) is 31.2 Å². The van der Waals surface area contributed by atoms with Crippen molar-refractivity contribution in [2.75, 3.05) is 26.2 Å². The van der Waals surface area contributed by atoms with Crippen LogP contribution in [0.3, 0.4) is 0 Å². The van der Waals surface area contributed by atoms with E-state index in [1.54, 1.807) is 12.1 Å². The minimum atomic E-state index is -0.370. The highest BCUT2D eigenvalue weighted by molar-refractivity contribution is 5.48. The highest BCUT2D eigenvalue weighted by Gasteiger charge is 2.15. The van der Waals surface area contributed by atoms with Gasteiger partial charge < -0.3 is 19.1 Å². The van der Waals surface area contributed by atoms with Crippen LogP contribution in [0.25, 0.3) is 0 Å². The van der Waals surface area contributed by atoms with Crippen LogP contribution in [0.15, 0.2) is 54.6 Å². The summed E-state index contributed by atoms with van der Waals surface area (Å²) in [5.41, 5.74) is 1.36. The van der Waals surface area contributed by atoms with E-state index in [0.29, 0.717) is 17.9 Å². The van der Waals surface area contributed by atoms with E-state index >= 15 is 0 Å². The molecule has 0 saturated heterocycles. The lowest BCUT2D eigenvalue weighted by atomic mass is 10.1. The SMILES string of the molecule is COc1cc(OC)nc(Oc2cccc(F)c2CN(C)c2ccccc2)n1. The highest BCUT2D eigenvalue weighted by Crippen LogP contribution is 2.29. The van der Waals surface area contributed by atoms with Gasteiger partial charge in [-0.2, -0.15) is 9.97 Å². The minimum Gasteiger partial charge on any atom is -0.481 e. The van der Waals surface area contributed by atoms with Crippen molar-refractivity contribution in [3.63, 3.8) is 0 Å². The molecule has 0 aliphatic carbocycles. The zero-order valence-electron chi connectivity index (χ0n) is 15.3. The van der Waals surface area contributed by atoms with E-state index in [-0.39, 0.29) is 23.6 Å². The molecule has 0 radical (unpaired) electrons. The average molecular weight is 369 g/mol. The van der Waals surface area contributed by atoms with Crippen LogP contribution in [0.5, 0.6) is 23.5 Å². The van der Waals surface area contributed by atoms with Crippen molar-refractivity contribution in [2.45, 2.75) is 6.54 Å². The Bertz CT molecular complexity index is 884. The summed E-state index contributed by atoms with van der Waals surface area (Å²) < 4.78 is 30.5. The van der Waals surface area contributed by atoms with E-state index in [1.165, 1.54) is 26.4 Å². The second-order valence-corrected chi connectivity index (χ2v) is 5.75. The van der Waals surface area contributed by atoms with Crippen molar-refractivity contribution in [3.05, 3.63) is 66.0 Å². The van der Waals surface area contributed by atoms with Crippen LogP contribution in [0.4, 0.5) is 10.1 Å². The van der Waals surface area contributed by atoms with Gasteiger partial charge in [0.25, 0.3) is 0 Å². The third-order valence-electron chi connectivity index (χ3n) is 3.95. The Morgan fingerprint density at radius 1 is 0.926 bits per heavy atom. The maximum Gasteiger partial charge on any atom is 0.328 e. The molecule has 0 bridgehead atoms. The molecule has 27 heavy (non-hydrogen) atoms. The normalized spacial score (nSPS) is 10.4. The topological polar surface area (TPSA) is 56.7 Å². The summed E-state index contributed by atoms with van der Waals surface area (Å²) in [5, 5.41) is 0. The Balaban J connectivity index is 1.90. The van der Waals surface area contributed by atoms with E-state index in [4.69, 9.17) is 14.2 Å². The van der Waals surface area contributed by atoms with Crippen molar-refractivity contribution in [3.8, 4) is 23.5 Å². The van der Waals surface area contributed by atoms with Crippen molar-refractivity contribution < 1.29 is 18.6 Å². The number of halogens is 1. The second kappa shape index (κ2) is 8.35. The summed E-state index contributed by atoms with van der Waals surface area (Å²) >= 11 is 0. The number of methoxy groups -OCH3 is 2. The summed E-state index contributed by atoms with van der Waals surface area (Å²) in [5.74, 6) is 0.533. The number of benzene rings is 2. The van der Waals surface area contributed by atoms with Crippen molar-refractivity contribution >= 4 is 5.69 Å². The Morgan fingerprint density at radius 3 is 2.22 bits per heavy atom. The first kappa shape index (κ1) is 18.4. The van der Waals surface area contributed by atoms with Gasteiger partial charge in [0, 0.05) is 24.8 Å². The third-order valence-corrected chi connectivity index (χ3v) is 3.95. The molecule has 0 N–H and O–H groups in total. The number of aromatic nitrogens is 2. The molecule has 0 amide bonds. The van der Waals surface area contributed by atoms with E-state index < -0.39 is 0 Å². The Morgan fingerprint density at radius 2 is 1.59 bits per heavy atom. The van der Waals surface area contributed by atoms with E-state index in [1.807, 2.05) is 42.3 Å². The average Bonchev–Trinajstić information content (AvgIpc) is 2.70. The Labute approximate surface area is 157 Å². The largest absolute Gasteiger partial charge is 0.481 e. The van der Waals surface area contributed by atoms with Crippen molar-refractivity contribution in [2.24, 2.45) is 0 Å². The predicted molar refractivity (Wildman–Crippen MR) is 100 cm³/mol. The fourth-order valence-corrected chi connectivity index (χ4v) is 2.54. The highest BCUT2D eigenvalue weighted by atomic mass is 19.1. The summed E-state index contributed by atoms with van der Waals surface area (Å²) in [6, 6.07) is 15.9. The lowest BCUT2D eigenvalue weighted by molar-refractivity contribution is 0.346. The molecule has 2 aromatic carbocycles. The smallest absolute Gasteiger partial charge is 0.328 e. The zero-order valence-corrected chi connectivity index (χ0v) is 15.3. The maximum atomic E-state index is 14.5. The monoisotopic (exact) mass is 369 g/mol. The first-order valence-electron chi connectivity index (χ1n) is 8.29. The van der Waals surface area contributed by atoms with Gasteiger partial charge in [0.1, 0.15) is 11.6 Å². The fraction of sp³-hybridized carbons (Fsp3) is 0.200. The molecular formula is C20H20FN3O3. The van der Waals surface area contributed by atoms with Crippen molar-refractivity contribution in [1.29, 1.82) is 0 Å². The molecule has 1 heterocycles. The summed E-state index contributed by atoms with van der Waals surface area (Å²) in [6.45, 7) is 0.313. The van der Waals surface area contributed by atoms with E-state index in [9.17, 15) is 4.39 Å². The van der Waals surface area contributed by atoms with Crippen LogP contribution < -0.4 is 19.1 Å². The molecule has 7 heteroatoms. The standard InChI is InChI=1S/C20H20FN3O3/c1-24(14-8-5-4-6-9-14)13-15-16(21)10-7-11-17(15)27-20-22-18(25-2)12-19(23-20)26-3/h4-12H,13H2,1-3H3. The van der Waals surface area contributed by atoms with Crippen LogP contribution in [0.2, 0.25) is 0 Å². The Hall–Kier alpha value is -3.35. The molecule has 0 unspecified atom stereocenters. The van der Waals surface area contributed by atoms with Crippen LogP contribution in [0.1, 0.15) is 5.56 Å². The molecule has 0 aliphatic rings. The molecule has 0 atom stereocenters.